The van der Waals surface area contributed by atoms with Crippen LogP contribution in [0.4, 0.5) is 10.5 Å². The number of rotatable bonds is 6. The number of nitrogens with zero attached hydrogens (tertiary/aromatic N) is 2. The van der Waals surface area contributed by atoms with Gasteiger partial charge in [-0.1, -0.05) is 18.2 Å². The SMILES string of the molecule is CC(C)(C)OC(=O)N1CCC(C(=O)NC(Cc2c[nH]c3ccccc23)C(=O)Nc2ccncc2)CC1. The Bertz CT molecular complexity index is 1210. The molecule has 1 saturated heterocycles. The predicted molar refractivity (Wildman–Crippen MR) is 137 cm³/mol. The van der Waals surface area contributed by atoms with Gasteiger partial charge in [0.25, 0.3) is 0 Å². The Balaban J connectivity index is 1.43. The zero-order chi connectivity index (χ0) is 25.7. The smallest absolute Gasteiger partial charge is 0.410 e. The second-order valence-corrected chi connectivity index (χ2v) is 10.1. The van der Waals surface area contributed by atoms with Crippen molar-refractivity contribution >= 4 is 34.5 Å². The summed E-state index contributed by atoms with van der Waals surface area (Å²) in [6.45, 7) is 6.36. The van der Waals surface area contributed by atoms with Crippen molar-refractivity contribution in [3.05, 3.63) is 60.6 Å². The molecule has 2 aromatic heterocycles. The number of nitrogens with one attached hydrogen (secondary N) is 3. The summed E-state index contributed by atoms with van der Waals surface area (Å²) in [4.78, 5) is 47.7. The number of H-pyrrole nitrogens is 1. The van der Waals surface area contributed by atoms with Crippen LogP contribution in [0.2, 0.25) is 0 Å². The van der Waals surface area contributed by atoms with Crippen LogP contribution in [0.3, 0.4) is 0 Å². The van der Waals surface area contributed by atoms with E-state index in [1.807, 2.05) is 51.2 Å². The van der Waals surface area contributed by atoms with Gasteiger partial charge < -0.3 is 25.3 Å². The number of likely N-dealkylation sites (tertiary alicyclic amines) is 1. The molecule has 3 aromatic rings. The molecule has 36 heavy (non-hydrogen) atoms. The van der Waals surface area contributed by atoms with Crippen molar-refractivity contribution in [1.29, 1.82) is 0 Å². The molecular weight excluding hydrogens is 458 g/mol. The highest BCUT2D eigenvalue weighted by atomic mass is 16.6. The third-order valence-electron chi connectivity index (χ3n) is 6.20. The molecule has 3 amide bonds. The largest absolute Gasteiger partial charge is 0.444 e. The molecule has 1 aliphatic rings. The fourth-order valence-corrected chi connectivity index (χ4v) is 4.33. The minimum atomic E-state index is -0.770. The summed E-state index contributed by atoms with van der Waals surface area (Å²) < 4.78 is 5.45. The van der Waals surface area contributed by atoms with Crippen LogP contribution in [0.1, 0.15) is 39.2 Å². The molecule has 1 unspecified atom stereocenters. The Labute approximate surface area is 210 Å². The number of para-hydroxylation sites is 1. The minimum absolute atomic E-state index is 0.187. The van der Waals surface area contributed by atoms with E-state index in [2.05, 4.69) is 20.6 Å². The first-order valence-corrected chi connectivity index (χ1v) is 12.2. The van der Waals surface area contributed by atoms with Gasteiger partial charge in [-0.15, -0.1) is 0 Å². The maximum Gasteiger partial charge on any atom is 0.410 e. The average Bonchev–Trinajstić information content (AvgIpc) is 3.26. The molecule has 190 valence electrons. The van der Waals surface area contributed by atoms with Gasteiger partial charge in [-0.05, 0) is 57.4 Å². The van der Waals surface area contributed by atoms with Crippen molar-refractivity contribution in [2.24, 2.45) is 5.92 Å². The molecule has 0 bridgehead atoms. The molecule has 9 heteroatoms. The number of piperidine rings is 1. The van der Waals surface area contributed by atoms with Crippen molar-refractivity contribution in [2.75, 3.05) is 18.4 Å². The van der Waals surface area contributed by atoms with Crippen molar-refractivity contribution in [2.45, 2.75) is 51.7 Å². The molecular formula is C27H33N5O4. The van der Waals surface area contributed by atoms with Crippen molar-refractivity contribution < 1.29 is 19.1 Å². The first-order chi connectivity index (χ1) is 17.2. The fourth-order valence-electron chi connectivity index (χ4n) is 4.33. The summed E-state index contributed by atoms with van der Waals surface area (Å²) in [5.74, 6) is -0.775. The van der Waals surface area contributed by atoms with Gasteiger partial charge >= 0.3 is 6.09 Å². The Morgan fingerprint density at radius 3 is 2.50 bits per heavy atom. The number of ether oxygens (including phenoxy) is 1. The van der Waals surface area contributed by atoms with E-state index in [4.69, 9.17) is 4.74 Å². The van der Waals surface area contributed by atoms with E-state index in [1.165, 1.54) is 0 Å². The van der Waals surface area contributed by atoms with Crippen LogP contribution in [0.25, 0.3) is 10.9 Å². The number of carbonyl (C=O) groups excluding carboxylic acids is 3. The van der Waals surface area contributed by atoms with E-state index in [-0.39, 0.29) is 23.8 Å². The quantitative estimate of drug-likeness (QED) is 0.484. The Morgan fingerprint density at radius 2 is 1.81 bits per heavy atom. The number of hydrogen-bond acceptors (Lipinski definition) is 5. The van der Waals surface area contributed by atoms with Crippen LogP contribution in [0.5, 0.6) is 0 Å². The Morgan fingerprint density at radius 1 is 1.11 bits per heavy atom. The number of carbonyl (C=O) groups is 3. The number of hydrogen-bond donors (Lipinski definition) is 3. The fraction of sp³-hybridized carbons (Fsp3) is 0.407. The number of aromatic amines is 1. The zero-order valence-electron chi connectivity index (χ0n) is 20.9. The molecule has 1 aromatic carbocycles. The van der Waals surface area contributed by atoms with Crippen LogP contribution in [0.15, 0.2) is 55.0 Å². The van der Waals surface area contributed by atoms with Gasteiger partial charge in [0, 0.05) is 60.6 Å². The monoisotopic (exact) mass is 491 g/mol. The summed E-state index contributed by atoms with van der Waals surface area (Å²) in [7, 11) is 0. The maximum absolute atomic E-state index is 13.2. The molecule has 0 aliphatic carbocycles. The average molecular weight is 492 g/mol. The summed E-state index contributed by atoms with van der Waals surface area (Å²) in [6, 6.07) is 10.5. The van der Waals surface area contributed by atoms with E-state index in [0.717, 1.165) is 16.5 Å². The highest BCUT2D eigenvalue weighted by molar-refractivity contribution is 5.98. The first-order valence-electron chi connectivity index (χ1n) is 12.2. The second-order valence-electron chi connectivity index (χ2n) is 10.1. The summed E-state index contributed by atoms with van der Waals surface area (Å²) >= 11 is 0. The topological polar surface area (TPSA) is 116 Å². The molecule has 1 fully saturated rings. The predicted octanol–water partition coefficient (Wildman–Crippen LogP) is 3.88. The lowest BCUT2D eigenvalue weighted by Crippen LogP contribution is -2.50. The van der Waals surface area contributed by atoms with E-state index in [1.54, 1.807) is 29.4 Å². The summed E-state index contributed by atoms with van der Waals surface area (Å²) in [5.41, 5.74) is 1.96. The third kappa shape index (κ3) is 6.41. The third-order valence-corrected chi connectivity index (χ3v) is 6.20. The lowest BCUT2D eigenvalue weighted by atomic mass is 9.95. The lowest BCUT2D eigenvalue weighted by Gasteiger charge is -2.33. The Kier molecular flexibility index (Phi) is 7.57. The second kappa shape index (κ2) is 10.8. The highest BCUT2D eigenvalue weighted by Gasteiger charge is 2.32. The van der Waals surface area contributed by atoms with E-state index >= 15 is 0 Å². The number of benzene rings is 1. The van der Waals surface area contributed by atoms with Crippen LogP contribution in [-0.2, 0) is 20.7 Å². The minimum Gasteiger partial charge on any atom is -0.444 e. The van der Waals surface area contributed by atoms with Gasteiger partial charge in [0.15, 0.2) is 0 Å². The summed E-state index contributed by atoms with van der Waals surface area (Å²) in [6.07, 6.45) is 6.07. The van der Waals surface area contributed by atoms with E-state index in [9.17, 15) is 14.4 Å². The van der Waals surface area contributed by atoms with Gasteiger partial charge in [-0.2, -0.15) is 0 Å². The van der Waals surface area contributed by atoms with E-state index < -0.39 is 11.6 Å². The molecule has 0 saturated carbocycles. The van der Waals surface area contributed by atoms with Crippen LogP contribution in [0, 0.1) is 5.92 Å². The van der Waals surface area contributed by atoms with Gasteiger partial charge in [0.2, 0.25) is 11.8 Å². The Hall–Kier alpha value is -3.88. The van der Waals surface area contributed by atoms with Gasteiger partial charge in [0.1, 0.15) is 11.6 Å². The van der Waals surface area contributed by atoms with Crippen LogP contribution in [-0.4, -0.2) is 57.5 Å². The molecule has 9 nitrogen and oxygen atoms in total. The normalized spacial score (nSPS) is 15.4. The molecule has 4 rings (SSSR count). The van der Waals surface area contributed by atoms with Crippen molar-refractivity contribution in [1.82, 2.24) is 20.2 Å². The number of fused-ring (bicyclic) bond motifs is 1. The molecule has 1 atom stereocenters. The highest BCUT2D eigenvalue weighted by Crippen LogP contribution is 2.22. The number of anilines is 1. The first kappa shape index (κ1) is 25.2. The summed E-state index contributed by atoms with van der Waals surface area (Å²) in [5, 5.41) is 6.87. The molecule has 3 N–H and O–H groups in total. The van der Waals surface area contributed by atoms with Gasteiger partial charge in [0.05, 0.1) is 0 Å². The molecule has 3 heterocycles. The van der Waals surface area contributed by atoms with Crippen molar-refractivity contribution in [3.8, 4) is 0 Å². The number of pyridine rings is 1. The van der Waals surface area contributed by atoms with Crippen molar-refractivity contribution in [3.63, 3.8) is 0 Å². The van der Waals surface area contributed by atoms with Crippen LogP contribution >= 0.6 is 0 Å². The number of amides is 3. The van der Waals surface area contributed by atoms with Gasteiger partial charge in [-0.25, -0.2) is 4.79 Å². The maximum atomic E-state index is 13.2. The molecule has 0 spiro atoms. The molecule has 1 aliphatic heterocycles. The number of aromatic nitrogens is 2. The van der Waals surface area contributed by atoms with Gasteiger partial charge in [-0.3, -0.25) is 14.6 Å². The lowest BCUT2D eigenvalue weighted by molar-refractivity contribution is -0.130. The van der Waals surface area contributed by atoms with Crippen LogP contribution < -0.4 is 10.6 Å². The van der Waals surface area contributed by atoms with E-state index in [0.29, 0.717) is 38.0 Å². The zero-order valence-corrected chi connectivity index (χ0v) is 20.9. The standard InChI is InChI=1S/C27H33N5O4/c1-27(2,3)36-26(35)32-14-10-18(11-15-32)24(33)31-23(25(34)30-20-8-12-28-13-9-20)16-19-17-29-22-7-5-4-6-21(19)22/h4-9,12-13,17-18,23,29H,10-11,14-16H2,1-3H3,(H,31,33)(H,28,30,34). The molecule has 0 radical (unpaired) electrons.